The van der Waals surface area contributed by atoms with E-state index in [2.05, 4.69) is 5.32 Å². The third-order valence-electron chi connectivity index (χ3n) is 3.22. The summed E-state index contributed by atoms with van der Waals surface area (Å²) in [5.74, 6) is -0.919. The molecular formula is C18H14Cl2N2O4. The number of carbonyl (C=O) groups excluding carboxylic acids is 2. The second-order valence-electron chi connectivity index (χ2n) is 5.15. The van der Waals surface area contributed by atoms with Crippen molar-refractivity contribution in [3.05, 3.63) is 58.1 Å². The topological polar surface area (TPSA) is 88.4 Å². The van der Waals surface area contributed by atoms with E-state index in [4.69, 9.17) is 37.9 Å². The normalized spacial score (nSPS) is 11.2. The second kappa shape index (κ2) is 9.09. The number of nitriles is 1. The van der Waals surface area contributed by atoms with Crippen molar-refractivity contribution in [2.45, 2.75) is 13.0 Å². The van der Waals surface area contributed by atoms with Gasteiger partial charge in [-0.25, -0.2) is 4.79 Å². The number of nitrogens with one attached hydrogen (secondary N) is 1. The summed E-state index contributed by atoms with van der Waals surface area (Å²) in [5, 5.41) is 12.0. The van der Waals surface area contributed by atoms with Gasteiger partial charge >= 0.3 is 5.97 Å². The van der Waals surface area contributed by atoms with Crippen LogP contribution < -0.4 is 10.1 Å². The van der Waals surface area contributed by atoms with E-state index in [-0.39, 0.29) is 11.6 Å². The zero-order chi connectivity index (χ0) is 19.1. The molecule has 2 aromatic rings. The lowest BCUT2D eigenvalue weighted by Gasteiger charge is -2.14. The number of hydrogen-bond donors (Lipinski definition) is 1. The average molecular weight is 393 g/mol. The third-order valence-corrected chi connectivity index (χ3v) is 3.84. The highest BCUT2D eigenvalue weighted by Gasteiger charge is 2.19. The van der Waals surface area contributed by atoms with Gasteiger partial charge in [-0.05, 0) is 37.3 Å². The van der Waals surface area contributed by atoms with E-state index < -0.39 is 18.0 Å². The van der Waals surface area contributed by atoms with Gasteiger partial charge in [0.1, 0.15) is 11.8 Å². The molecule has 0 aromatic heterocycles. The third kappa shape index (κ3) is 5.38. The quantitative estimate of drug-likeness (QED) is 0.754. The van der Waals surface area contributed by atoms with E-state index in [1.165, 1.54) is 25.1 Å². The summed E-state index contributed by atoms with van der Waals surface area (Å²) in [4.78, 5) is 23.9. The smallest absolute Gasteiger partial charge is 0.344 e. The first-order chi connectivity index (χ1) is 12.4. The fourth-order valence-electron chi connectivity index (χ4n) is 1.91. The van der Waals surface area contributed by atoms with Crippen LogP contribution in [0.25, 0.3) is 0 Å². The molecule has 0 fully saturated rings. The summed E-state index contributed by atoms with van der Waals surface area (Å²) >= 11 is 11.8. The molecule has 0 heterocycles. The van der Waals surface area contributed by atoms with Gasteiger partial charge in [0.05, 0.1) is 15.6 Å². The lowest BCUT2D eigenvalue weighted by Crippen LogP contribution is -2.31. The molecule has 6 nitrogen and oxygen atoms in total. The van der Waals surface area contributed by atoms with Crippen LogP contribution in [0.3, 0.4) is 0 Å². The fraction of sp³-hybridized carbons (Fsp3) is 0.167. The molecule has 2 rings (SSSR count). The number of anilines is 1. The van der Waals surface area contributed by atoms with Gasteiger partial charge in [0.25, 0.3) is 5.91 Å². The molecule has 0 radical (unpaired) electrons. The van der Waals surface area contributed by atoms with Crippen LogP contribution in [-0.2, 0) is 14.3 Å². The summed E-state index contributed by atoms with van der Waals surface area (Å²) in [6.07, 6.45) is -1.05. The molecule has 0 bridgehead atoms. The highest BCUT2D eigenvalue weighted by molar-refractivity contribution is 6.32. The molecule has 1 amide bonds. The maximum absolute atomic E-state index is 12.1. The number of amides is 1. The molecule has 1 unspecified atom stereocenters. The predicted octanol–water partition coefficient (Wildman–Crippen LogP) is 3.81. The van der Waals surface area contributed by atoms with Gasteiger partial charge in [0, 0.05) is 5.69 Å². The van der Waals surface area contributed by atoms with Crippen LogP contribution in [0.15, 0.2) is 42.5 Å². The SMILES string of the molecule is CC(OC(=O)COc1ccccc1Cl)C(=O)Nc1ccc(C#N)c(Cl)c1. The summed E-state index contributed by atoms with van der Waals surface area (Å²) in [5.41, 5.74) is 0.676. The number of halogens is 2. The summed E-state index contributed by atoms with van der Waals surface area (Å²) in [6.45, 7) is 1.04. The molecule has 0 saturated carbocycles. The van der Waals surface area contributed by atoms with E-state index in [1.54, 1.807) is 24.3 Å². The largest absolute Gasteiger partial charge is 0.480 e. The highest BCUT2D eigenvalue weighted by atomic mass is 35.5. The lowest BCUT2D eigenvalue weighted by molar-refractivity contribution is -0.155. The van der Waals surface area contributed by atoms with E-state index >= 15 is 0 Å². The molecule has 8 heteroatoms. The molecule has 0 aliphatic heterocycles. The van der Waals surface area contributed by atoms with Crippen LogP contribution in [-0.4, -0.2) is 24.6 Å². The standard InChI is InChI=1S/C18H14Cl2N2O4/c1-11(18(24)22-13-7-6-12(9-21)15(20)8-13)26-17(23)10-25-16-5-3-2-4-14(16)19/h2-8,11H,10H2,1H3,(H,22,24). The van der Waals surface area contributed by atoms with Crippen molar-refractivity contribution in [2.24, 2.45) is 0 Å². The number of hydrogen-bond acceptors (Lipinski definition) is 5. The molecule has 2 aromatic carbocycles. The zero-order valence-electron chi connectivity index (χ0n) is 13.7. The number of para-hydroxylation sites is 1. The molecular weight excluding hydrogens is 379 g/mol. The number of nitrogens with zero attached hydrogens (tertiary/aromatic N) is 1. The van der Waals surface area contributed by atoms with E-state index in [1.807, 2.05) is 6.07 Å². The average Bonchev–Trinajstić information content (AvgIpc) is 2.61. The molecule has 0 aliphatic rings. The lowest BCUT2D eigenvalue weighted by atomic mass is 10.2. The van der Waals surface area contributed by atoms with Gasteiger partial charge in [-0.3, -0.25) is 4.79 Å². The van der Waals surface area contributed by atoms with Gasteiger partial charge in [-0.1, -0.05) is 35.3 Å². The number of benzene rings is 2. The van der Waals surface area contributed by atoms with Gasteiger partial charge in [-0.2, -0.15) is 5.26 Å². The van der Waals surface area contributed by atoms with Gasteiger partial charge in [0.2, 0.25) is 0 Å². The molecule has 0 saturated heterocycles. The van der Waals surface area contributed by atoms with E-state index in [0.717, 1.165) is 0 Å². The van der Waals surface area contributed by atoms with Gasteiger partial charge in [0.15, 0.2) is 12.7 Å². The molecule has 134 valence electrons. The zero-order valence-corrected chi connectivity index (χ0v) is 15.2. The minimum atomic E-state index is -1.05. The Morgan fingerprint density at radius 2 is 1.92 bits per heavy atom. The molecule has 1 atom stereocenters. The van der Waals surface area contributed by atoms with Crippen molar-refractivity contribution in [3.8, 4) is 11.8 Å². The second-order valence-corrected chi connectivity index (χ2v) is 5.96. The number of carbonyl (C=O) groups is 2. The summed E-state index contributed by atoms with van der Waals surface area (Å²) < 4.78 is 10.3. The maximum atomic E-state index is 12.1. The molecule has 1 N–H and O–H groups in total. The maximum Gasteiger partial charge on any atom is 0.344 e. The Hall–Kier alpha value is -2.75. The Kier molecular flexibility index (Phi) is 6.84. The first-order valence-electron chi connectivity index (χ1n) is 7.48. The number of ether oxygens (including phenoxy) is 2. The first-order valence-corrected chi connectivity index (χ1v) is 8.23. The minimum Gasteiger partial charge on any atom is -0.480 e. The van der Waals surface area contributed by atoms with Gasteiger partial charge < -0.3 is 14.8 Å². The predicted molar refractivity (Wildman–Crippen MR) is 97.3 cm³/mol. The van der Waals surface area contributed by atoms with Crippen molar-refractivity contribution in [1.29, 1.82) is 5.26 Å². The Bertz CT molecular complexity index is 865. The minimum absolute atomic E-state index is 0.211. The number of esters is 1. The van der Waals surface area contributed by atoms with Crippen molar-refractivity contribution in [2.75, 3.05) is 11.9 Å². The van der Waals surface area contributed by atoms with Crippen molar-refractivity contribution < 1.29 is 19.1 Å². The summed E-state index contributed by atoms with van der Waals surface area (Å²) in [7, 11) is 0. The summed E-state index contributed by atoms with van der Waals surface area (Å²) in [6, 6.07) is 13.0. The Balaban J connectivity index is 1.86. The first kappa shape index (κ1) is 19.6. The number of rotatable bonds is 6. The van der Waals surface area contributed by atoms with E-state index in [0.29, 0.717) is 22.0 Å². The Morgan fingerprint density at radius 1 is 1.19 bits per heavy atom. The fourth-order valence-corrected chi connectivity index (χ4v) is 2.32. The Labute approximate surface area is 160 Å². The highest BCUT2D eigenvalue weighted by Crippen LogP contribution is 2.23. The monoisotopic (exact) mass is 392 g/mol. The van der Waals surface area contributed by atoms with Crippen LogP contribution in [0.1, 0.15) is 12.5 Å². The van der Waals surface area contributed by atoms with Crippen LogP contribution >= 0.6 is 23.2 Å². The molecule has 0 aliphatic carbocycles. The van der Waals surface area contributed by atoms with Crippen LogP contribution in [0.2, 0.25) is 10.0 Å². The van der Waals surface area contributed by atoms with Crippen LogP contribution in [0.4, 0.5) is 5.69 Å². The van der Waals surface area contributed by atoms with Crippen LogP contribution in [0, 0.1) is 11.3 Å². The van der Waals surface area contributed by atoms with Gasteiger partial charge in [-0.15, -0.1) is 0 Å². The van der Waals surface area contributed by atoms with Crippen molar-refractivity contribution in [3.63, 3.8) is 0 Å². The Morgan fingerprint density at radius 3 is 2.58 bits per heavy atom. The van der Waals surface area contributed by atoms with Crippen molar-refractivity contribution in [1.82, 2.24) is 0 Å². The van der Waals surface area contributed by atoms with Crippen LogP contribution in [0.5, 0.6) is 5.75 Å². The van der Waals surface area contributed by atoms with E-state index in [9.17, 15) is 9.59 Å². The molecule has 0 spiro atoms. The molecule has 26 heavy (non-hydrogen) atoms. The van der Waals surface area contributed by atoms with Crippen molar-refractivity contribution >= 4 is 40.8 Å².